The monoisotopic (exact) mass is 286 g/mol. The van der Waals surface area contributed by atoms with Gasteiger partial charge < -0.3 is 10.6 Å². The Bertz CT molecular complexity index is 549. The predicted molar refractivity (Wildman–Crippen MR) is 83.2 cm³/mol. The van der Waals surface area contributed by atoms with Crippen LogP contribution < -0.4 is 10.6 Å². The maximum atomic E-state index is 11.9. The molecule has 1 aromatic heterocycles. The van der Waals surface area contributed by atoms with E-state index in [-0.39, 0.29) is 5.78 Å². The Labute approximate surface area is 125 Å². The maximum absolute atomic E-state index is 11.9. The molecule has 3 heterocycles. The Morgan fingerprint density at radius 2 is 2.24 bits per heavy atom. The quantitative estimate of drug-likeness (QED) is 0.886. The fourth-order valence-electron chi connectivity index (χ4n) is 3.09. The number of carbonyl (C=O) groups excluding carboxylic acids is 1. The normalized spacial score (nSPS) is 20.3. The van der Waals surface area contributed by atoms with Gasteiger partial charge in [0.05, 0.1) is 11.4 Å². The van der Waals surface area contributed by atoms with E-state index in [4.69, 9.17) is 0 Å². The summed E-state index contributed by atoms with van der Waals surface area (Å²) in [5.74, 6) is 0.839. The molecule has 0 bridgehead atoms. The molecule has 0 spiro atoms. The molecule has 0 saturated carbocycles. The molecule has 0 radical (unpaired) electrons. The van der Waals surface area contributed by atoms with Crippen molar-refractivity contribution >= 4 is 17.7 Å². The number of ketones is 1. The Balaban J connectivity index is 1.67. The molecule has 0 amide bonds. The minimum atomic E-state index is 0.134. The number of carbonyl (C=O) groups is 1. The van der Waals surface area contributed by atoms with Crippen LogP contribution in [0.2, 0.25) is 0 Å². The predicted octanol–water partition coefficient (Wildman–Crippen LogP) is 1.85. The molecule has 3 rings (SSSR count). The molecule has 112 valence electrons. The molecule has 5 nitrogen and oxygen atoms in total. The number of Topliss-reactive ketones (excluding diaryl/α,β-unsaturated/α-hetero) is 1. The van der Waals surface area contributed by atoms with Crippen LogP contribution in [0.25, 0.3) is 0 Å². The lowest BCUT2D eigenvalue weighted by Crippen LogP contribution is -2.39. The molecule has 2 N–H and O–H groups in total. The third kappa shape index (κ3) is 3.19. The topological polar surface area (TPSA) is 66.4 Å². The SMILES string of the molecule is CC(NCc1nccc2c1N=CCC2=O)C1CCNCC1. The summed E-state index contributed by atoms with van der Waals surface area (Å²) in [6, 6.07) is 2.22. The average molecular weight is 286 g/mol. The maximum Gasteiger partial charge on any atom is 0.170 e. The number of nitrogens with one attached hydrogen (secondary N) is 2. The largest absolute Gasteiger partial charge is 0.317 e. The second-order valence-corrected chi connectivity index (χ2v) is 5.85. The van der Waals surface area contributed by atoms with E-state index >= 15 is 0 Å². The molecule has 2 aliphatic rings. The third-order valence-corrected chi connectivity index (χ3v) is 4.48. The lowest BCUT2D eigenvalue weighted by Gasteiger charge is -2.29. The molecule has 1 fully saturated rings. The lowest BCUT2D eigenvalue weighted by molar-refractivity contribution is 0.100. The number of hydrogen-bond acceptors (Lipinski definition) is 5. The molecular formula is C16H22N4O. The number of fused-ring (bicyclic) bond motifs is 1. The zero-order valence-electron chi connectivity index (χ0n) is 12.4. The Morgan fingerprint density at radius 3 is 3.05 bits per heavy atom. The van der Waals surface area contributed by atoms with Crippen molar-refractivity contribution in [1.29, 1.82) is 0 Å². The van der Waals surface area contributed by atoms with Gasteiger partial charge in [-0.15, -0.1) is 0 Å². The second-order valence-electron chi connectivity index (χ2n) is 5.85. The van der Waals surface area contributed by atoms with Crippen LogP contribution in [0.1, 0.15) is 42.2 Å². The summed E-state index contributed by atoms with van der Waals surface area (Å²) in [6.45, 7) is 5.11. The van der Waals surface area contributed by atoms with Crippen molar-refractivity contribution in [2.24, 2.45) is 10.9 Å². The Morgan fingerprint density at radius 1 is 1.43 bits per heavy atom. The standard InChI is InChI=1S/C16H22N4O/c1-11(12-2-6-17-7-3-12)20-10-14-16-13(4-8-18-14)15(21)5-9-19-16/h4,8-9,11-12,17,20H,2-3,5-7,10H2,1H3. The fraction of sp³-hybridized carbons (Fsp3) is 0.562. The summed E-state index contributed by atoms with van der Waals surface area (Å²) in [4.78, 5) is 20.7. The number of hydrogen-bond donors (Lipinski definition) is 2. The Hall–Kier alpha value is -1.59. The van der Waals surface area contributed by atoms with Gasteiger partial charge in [-0.3, -0.25) is 14.8 Å². The average Bonchev–Trinajstić information content (AvgIpc) is 2.54. The Kier molecular flexibility index (Phi) is 4.41. The molecular weight excluding hydrogens is 264 g/mol. The number of rotatable bonds is 4. The molecule has 1 aromatic rings. The minimum Gasteiger partial charge on any atom is -0.317 e. The van der Waals surface area contributed by atoms with Gasteiger partial charge in [0.1, 0.15) is 0 Å². The van der Waals surface area contributed by atoms with Gasteiger partial charge in [0.25, 0.3) is 0 Å². The van der Waals surface area contributed by atoms with Gasteiger partial charge in [0.2, 0.25) is 0 Å². The molecule has 2 aliphatic heterocycles. The van der Waals surface area contributed by atoms with E-state index in [1.807, 2.05) is 0 Å². The highest BCUT2D eigenvalue weighted by Gasteiger charge is 2.21. The zero-order chi connectivity index (χ0) is 14.7. The fourth-order valence-corrected chi connectivity index (χ4v) is 3.09. The van der Waals surface area contributed by atoms with Crippen LogP contribution >= 0.6 is 0 Å². The summed E-state index contributed by atoms with van der Waals surface area (Å²) < 4.78 is 0. The summed E-state index contributed by atoms with van der Waals surface area (Å²) >= 11 is 0. The van der Waals surface area contributed by atoms with Crippen LogP contribution in [0.4, 0.5) is 5.69 Å². The molecule has 1 unspecified atom stereocenters. The van der Waals surface area contributed by atoms with Gasteiger partial charge in [0.15, 0.2) is 5.78 Å². The molecule has 1 atom stereocenters. The number of aromatic nitrogens is 1. The molecule has 0 aromatic carbocycles. The molecule has 5 heteroatoms. The highest BCUT2D eigenvalue weighted by Crippen LogP contribution is 2.27. The van der Waals surface area contributed by atoms with Crippen molar-refractivity contribution in [1.82, 2.24) is 15.6 Å². The highest BCUT2D eigenvalue weighted by atomic mass is 16.1. The first-order chi connectivity index (χ1) is 10.3. The van der Waals surface area contributed by atoms with Crippen LogP contribution in [0.15, 0.2) is 17.3 Å². The smallest absolute Gasteiger partial charge is 0.170 e. The van der Waals surface area contributed by atoms with Gasteiger partial charge in [-0.2, -0.15) is 0 Å². The van der Waals surface area contributed by atoms with Crippen molar-refractivity contribution in [2.75, 3.05) is 13.1 Å². The van der Waals surface area contributed by atoms with E-state index in [0.717, 1.165) is 24.5 Å². The lowest BCUT2D eigenvalue weighted by atomic mass is 9.91. The van der Waals surface area contributed by atoms with Gasteiger partial charge in [-0.25, -0.2) is 0 Å². The number of pyridine rings is 1. The van der Waals surface area contributed by atoms with Crippen LogP contribution in [0, 0.1) is 5.92 Å². The summed E-state index contributed by atoms with van der Waals surface area (Å²) in [6.07, 6.45) is 6.22. The van der Waals surface area contributed by atoms with Gasteiger partial charge >= 0.3 is 0 Å². The van der Waals surface area contributed by atoms with Crippen LogP contribution in [0.5, 0.6) is 0 Å². The van der Waals surface area contributed by atoms with Crippen LogP contribution in [0.3, 0.4) is 0 Å². The summed E-state index contributed by atoms with van der Waals surface area (Å²) in [5, 5.41) is 6.95. The van der Waals surface area contributed by atoms with Crippen LogP contribution in [-0.4, -0.2) is 36.1 Å². The molecule has 0 aliphatic carbocycles. The van der Waals surface area contributed by atoms with Crippen LogP contribution in [-0.2, 0) is 6.54 Å². The van der Waals surface area contributed by atoms with E-state index < -0.39 is 0 Å². The van der Waals surface area contributed by atoms with E-state index in [9.17, 15) is 4.79 Å². The van der Waals surface area contributed by atoms with Gasteiger partial charge in [-0.05, 0) is 44.8 Å². The number of nitrogens with zero attached hydrogens (tertiary/aromatic N) is 2. The second kappa shape index (κ2) is 6.45. The third-order valence-electron chi connectivity index (χ3n) is 4.48. The minimum absolute atomic E-state index is 0.134. The van der Waals surface area contributed by atoms with Crippen molar-refractivity contribution in [3.8, 4) is 0 Å². The zero-order valence-corrected chi connectivity index (χ0v) is 12.4. The summed E-state index contributed by atoms with van der Waals surface area (Å²) in [7, 11) is 0. The van der Waals surface area contributed by atoms with Crippen molar-refractivity contribution in [3.05, 3.63) is 23.5 Å². The summed E-state index contributed by atoms with van der Waals surface area (Å²) in [5.41, 5.74) is 2.33. The first-order valence-electron chi connectivity index (χ1n) is 7.73. The molecule has 21 heavy (non-hydrogen) atoms. The number of aliphatic imine (C=N–C) groups is 1. The van der Waals surface area contributed by atoms with Gasteiger partial charge in [-0.1, -0.05) is 0 Å². The van der Waals surface area contributed by atoms with Crippen molar-refractivity contribution in [2.45, 2.75) is 38.8 Å². The highest BCUT2D eigenvalue weighted by molar-refractivity contribution is 6.10. The van der Waals surface area contributed by atoms with Crippen molar-refractivity contribution in [3.63, 3.8) is 0 Å². The van der Waals surface area contributed by atoms with Crippen molar-refractivity contribution < 1.29 is 4.79 Å². The molecule has 1 saturated heterocycles. The number of piperidine rings is 1. The first kappa shape index (κ1) is 14.4. The van der Waals surface area contributed by atoms with Gasteiger partial charge in [0, 0.05) is 37.0 Å². The van der Waals surface area contributed by atoms with E-state index in [2.05, 4.69) is 27.5 Å². The van der Waals surface area contributed by atoms with E-state index in [1.165, 1.54) is 12.8 Å². The van der Waals surface area contributed by atoms with E-state index in [1.54, 1.807) is 18.5 Å². The first-order valence-corrected chi connectivity index (χ1v) is 7.73. The van der Waals surface area contributed by atoms with E-state index in [0.29, 0.717) is 30.5 Å².